The first-order valence-electron chi connectivity index (χ1n) is 3.55. The summed E-state index contributed by atoms with van der Waals surface area (Å²) in [4.78, 5) is 10.5. The summed E-state index contributed by atoms with van der Waals surface area (Å²) in [7, 11) is 0. The first kappa shape index (κ1) is 9.14. The minimum Gasteiger partial charge on any atom is -0.466 e. The van der Waals surface area contributed by atoms with Gasteiger partial charge in [-0.3, -0.25) is 4.79 Å². The Labute approximate surface area is 75.8 Å². The quantitative estimate of drug-likeness (QED) is 0.509. The fourth-order valence-corrected chi connectivity index (χ4v) is 1.50. The number of hydrogen-bond acceptors (Lipinski definition) is 2. The zero-order valence-corrected chi connectivity index (χ0v) is 7.78. The Morgan fingerprint density at radius 1 is 1.82 bits per heavy atom. The van der Waals surface area contributed by atoms with Crippen molar-refractivity contribution in [1.29, 1.82) is 0 Å². The number of carbonyl (C=O) groups excluding carboxylic acids is 1. The summed E-state index contributed by atoms with van der Waals surface area (Å²) in [5.74, 6) is -0.0809. The lowest BCUT2D eigenvalue weighted by molar-refractivity contribution is -0.144. The number of esters is 1. The number of carbonyl (C=O) groups is 1. The lowest BCUT2D eigenvalue weighted by atomic mass is 10.3. The first-order chi connectivity index (χ1) is 5.14. The fraction of sp³-hybridized carbons (Fsp3) is 0.857. The highest BCUT2D eigenvalue weighted by atomic mass is 35.5. The number of alkyl halides is 2. The zero-order chi connectivity index (χ0) is 8.48. The van der Waals surface area contributed by atoms with E-state index in [-0.39, 0.29) is 11.9 Å². The Kier molecular flexibility index (Phi) is 2.66. The molecule has 2 atom stereocenters. The van der Waals surface area contributed by atoms with Crippen LogP contribution in [0.2, 0.25) is 0 Å². The summed E-state index contributed by atoms with van der Waals surface area (Å²) < 4.78 is 4.78. The molecule has 1 fully saturated rings. The lowest BCUT2D eigenvalue weighted by Crippen LogP contribution is -2.14. The highest BCUT2D eigenvalue weighted by Crippen LogP contribution is 2.50. The maximum atomic E-state index is 11.0. The summed E-state index contributed by atoms with van der Waals surface area (Å²) in [5.41, 5.74) is 0. The van der Waals surface area contributed by atoms with Crippen LogP contribution in [0.1, 0.15) is 13.3 Å². The van der Waals surface area contributed by atoms with Crippen LogP contribution < -0.4 is 0 Å². The van der Waals surface area contributed by atoms with Crippen LogP contribution in [0.3, 0.4) is 0 Å². The van der Waals surface area contributed by atoms with E-state index in [1.54, 1.807) is 6.92 Å². The maximum Gasteiger partial charge on any atom is 0.310 e. The lowest BCUT2D eigenvalue weighted by Gasteiger charge is -2.02. The molecule has 0 aromatic heterocycles. The average Bonchev–Trinajstić information content (AvgIpc) is 2.65. The van der Waals surface area contributed by atoms with Crippen molar-refractivity contribution >= 4 is 29.2 Å². The van der Waals surface area contributed by atoms with Crippen LogP contribution in [0.4, 0.5) is 0 Å². The third-order valence-electron chi connectivity index (χ3n) is 1.80. The van der Waals surface area contributed by atoms with Gasteiger partial charge in [0.1, 0.15) is 0 Å². The molecule has 1 rings (SSSR count). The molecule has 0 aromatic rings. The Morgan fingerprint density at radius 3 is 2.82 bits per heavy atom. The standard InChI is InChI=1S/C7H10Cl2O2/c1-2-11-6(10)5-3-7(5,9)4-8/h5H,2-4H2,1H3. The Balaban J connectivity index is 2.36. The molecule has 0 radical (unpaired) electrons. The molecule has 1 aliphatic carbocycles. The number of halogens is 2. The Bertz CT molecular complexity index is 172. The van der Waals surface area contributed by atoms with Crippen LogP contribution in [0.15, 0.2) is 0 Å². The monoisotopic (exact) mass is 196 g/mol. The van der Waals surface area contributed by atoms with Gasteiger partial charge in [0, 0.05) is 5.88 Å². The van der Waals surface area contributed by atoms with Gasteiger partial charge in [-0.1, -0.05) is 0 Å². The molecule has 11 heavy (non-hydrogen) atoms. The molecule has 2 nitrogen and oxygen atoms in total. The van der Waals surface area contributed by atoms with Gasteiger partial charge in [0.2, 0.25) is 0 Å². The molecule has 0 aromatic carbocycles. The van der Waals surface area contributed by atoms with Gasteiger partial charge in [0.15, 0.2) is 0 Å². The molecule has 0 saturated heterocycles. The normalized spacial score (nSPS) is 35.0. The van der Waals surface area contributed by atoms with Crippen molar-refractivity contribution in [2.24, 2.45) is 5.92 Å². The molecule has 0 aliphatic heterocycles. The highest BCUT2D eigenvalue weighted by molar-refractivity contribution is 6.34. The molecule has 0 bridgehead atoms. The molecule has 0 amide bonds. The molecular formula is C7H10Cl2O2. The van der Waals surface area contributed by atoms with E-state index < -0.39 is 4.87 Å². The van der Waals surface area contributed by atoms with Crippen molar-refractivity contribution < 1.29 is 9.53 Å². The van der Waals surface area contributed by atoms with E-state index in [9.17, 15) is 4.79 Å². The molecule has 64 valence electrons. The van der Waals surface area contributed by atoms with Crippen LogP contribution in [-0.2, 0) is 9.53 Å². The molecule has 0 spiro atoms. The van der Waals surface area contributed by atoms with Crippen molar-refractivity contribution in [2.75, 3.05) is 12.5 Å². The molecule has 0 heterocycles. The van der Waals surface area contributed by atoms with Crippen LogP contribution in [0, 0.1) is 5.92 Å². The molecule has 4 heteroatoms. The zero-order valence-electron chi connectivity index (χ0n) is 6.27. The summed E-state index contributed by atoms with van der Waals surface area (Å²) in [5, 5.41) is 0. The van der Waals surface area contributed by atoms with Gasteiger partial charge in [0.05, 0.1) is 17.4 Å². The third-order valence-corrected chi connectivity index (χ3v) is 2.97. The van der Waals surface area contributed by atoms with E-state index in [0.29, 0.717) is 18.9 Å². The average molecular weight is 197 g/mol. The van der Waals surface area contributed by atoms with Crippen LogP contribution in [0.25, 0.3) is 0 Å². The van der Waals surface area contributed by atoms with Gasteiger partial charge >= 0.3 is 5.97 Å². The third kappa shape index (κ3) is 1.79. The van der Waals surface area contributed by atoms with E-state index in [0.717, 1.165) is 0 Å². The van der Waals surface area contributed by atoms with Gasteiger partial charge in [-0.15, -0.1) is 23.2 Å². The molecule has 1 aliphatic rings. The predicted octanol–water partition coefficient (Wildman–Crippen LogP) is 1.79. The van der Waals surface area contributed by atoms with Crippen molar-refractivity contribution in [3.63, 3.8) is 0 Å². The Morgan fingerprint density at radius 2 is 2.45 bits per heavy atom. The van der Waals surface area contributed by atoms with Gasteiger partial charge in [-0.25, -0.2) is 0 Å². The van der Waals surface area contributed by atoms with E-state index >= 15 is 0 Å². The van der Waals surface area contributed by atoms with E-state index in [1.165, 1.54) is 0 Å². The summed E-state index contributed by atoms with van der Waals surface area (Å²) >= 11 is 11.4. The summed E-state index contributed by atoms with van der Waals surface area (Å²) in [6, 6.07) is 0. The fourth-order valence-electron chi connectivity index (χ4n) is 0.965. The Hall–Kier alpha value is 0.0500. The summed E-state index contributed by atoms with van der Waals surface area (Å²) in [6.07, 6.45) is 0.650. The number of ether oxygens (including phenoxy) is 1. The van der Waals surface area contributed by atoms with E-state index in [2.05, 4.69) is 0 Å². The highest BCUT2D eigenvalue weighted by Gasteiger charge is 2.57. The van der Waals surface area contributed by atoms with E-state index in [4.69, 9.17) is 27.9 Å². The smallest absolute Gasteiger partial charge is 0.310 e. The van der Waals surface area contributed by atoms with Crippen molar-refractivity contribution in [2.45, 2.75) is 18.2 Å². The van der Waals surface area contributed by atoms with Gasteiger partial charge in [0.25, 0.3) is 0 Å². The molecule has 2 unspecified atom stereocenters. The van der Waals surface area contributed by atoms with Crippen LogP contribution in [-0.4, -0.2) is 23.3 Å². The van der Waals surface area contributed by atoms with Crippen LogP contribution in [0.5, 0.6) is 0 Å². The largest absolute Gasteiger partial charge is 0.466 e. The second kappa shape index (κ2) is 3.20. The number of hydrogen-bond donors (Lipinski definition) is 0. The number of rotatable bonds is 3. The van der Waals surface area contributed by atoms with Crippen molar-refractivity contribution in [1.82, 2.24) is 0 Å². The minimum atomic E-state index is -0.506. The first-order valence-corrected chi connectivity index (χ1v) is 4.47. The minimum absolute atomic E-state index is 0.179. The second-order valence-electron chi connectivity index (χ2n) is 2.68. The SMILES string of the molecule is CCOC(=O)C1CC1(Cl)CCl. The van der Waals surface area contributed by atoms with Crippen molar-refractivity contribution in [3.8, 4) is 0 Å². The molecule has 1 saturated carbocycles. The predicted molar refractivity (Wildman–Crippen MR) is 44.0 cm³/mol. The van der Waals surface area contributed by atoms with Gasteiger partial charge in [-0.05, 0) is 13.3 Å². The maximum absolute atomic E-state index is 11.0. The second-order valence-corrected chi connectivity index (χ2v) is 3.70. The molecule has 0 N–H and O–H groups in total. The van der Waals surface area contributed by atoms with Gasteiger partial charge < -0.3 is 4.74 Å². The van der Waals surface area contributed by atoms with E-state index in [1.807, 2.05) is 0 Å². The van der Waals surface area contributed by atoms with Crippen LogP contribution >= 0.6 is 23.2 Å². The van der Waals surface area contributed by atoms with Crippen molar-refractivity contribution in [3.05, 3.63) is 0 Å². The molecular weight excluding hydrogens is 187 g/mol. The van der Waals surface area contributed by atoms with Gasteiger partial charge in [-0.2, -0.15) is 0 Å². The summed E-state index contributed by atoms with van der Waals surface area (Å²) in [6.45, 7) is 2.18. The topological polar surface area (TPSA) is 26.3 Å².